The first-order valence-electron chi connectivity index (χ1n) is 3.53. The topological polar surface area (TPSA) is 43.1 Å². The van der Waals surface area contributed by atoms with Gasteiger partial charge in [0.1, 0.15) is 5.82 Å². The molecule has 0 aromatic carbocycles. The minimum Gasteiger partial charge on any atom is -0.214 e. The van der Waals surface area contributed by atoms with E-state index in [1.807, 2.05) is 13.0 Å². The van der Waals surface area contributed by atoms with E-state index in [2.05, 4.69) is 15.1 Å². The number of aromatic nitrogens is 4. The highest BCUT2D eigenvalue weighted by Gasteiger charge is 2.04. The van der Waals surface area contributed by atoms with Crippen molar-refractivity contribution in [3.8, 4) is 0 Å². The molecule has 0 saturated heterocycles. The smallest absolute Gasteiger partial charge is 0.214 e. The Morgan fingerprint density at radius 2 is 2.08 bits per heavy atom. The zero-order chi connectivity index (χ0) is 8.72. The molecule has 0 spiro atoms. The number of halogens is 1. The normalized spacial score (nSPS) is 10.9. The highest BCUT2D eigenvalue weighted by atomic mass is 35.5. The van der Waals surface area contributed by atoms with Crippen molar-refractivity contribution in [1.29, 1.82) is 0 Å². The molecule has 0 unspecified atom stereocenters. The Kier molecular flexibility index (Phi) is 1.51. The van der Waals surface area contributed by atoms with Gasteiger partial charge in [-0.3, -0.25) is 0 Å². The summed E-state index contributed by atoms with van der Waals surface area (Å²) >= 11 is 5.82. The highest BCUT2D eigenvalue weighted by Crippen LogP contribution is 2.09. The molecule has 2 aromatic rings. The standard InChI is InChI=1S/C7H7ClN4/c1-4-3-6-9-5(2)10-7(8)12(6)11-4/h3H,1-2H3. The molecule has 62 valence electrons. The van der Waals surface area contributed by atoms with Crippen LogP contribution in [0, 0.1) is 13.8 Å². The monoisotopic (exact) mass is 182 g/mol. The van der Waals surface area contributed by atoms with E-state index in [1.165, 1.54) is 4.52 Å². The van der Waals surface area contributed by atoms with Gasteiger partial charge in [-0.05, 0) is 25.4 Å². The van der Waals surface area contributed by atoms with Crippen molar-refractivity contribution in [2.75, 3.05) is 0 Å². The van der Waals surface area contributed by atoms with Crippen LogP contribution < -0.4 is 0 Å². The van der Waals surface area contributed by atoms with Crippen LogP contribution in [-0.2, 0) is 0 Å². The summed E-state index contributed by atoms with van der Waals surface area (Å²) in [5.41, 5.74) is 1.63. The SMILES string of the molecule is Cc1cc2nc(C)nc(Cl)n2n1. The summed E-state index contributed by atoms with van der Waals surface area (Å²) < 4.78 is 1.52. The molecule has 4 nitrogen and oxygen atoms in total. The molecule has 0 saturated carbocycles. The second kappa shape index (κ2) is 2.42. The van der Waals surface area contributed by atoms with Gasteiger partial charge in [-0.1, -0.05) is 0 Å². The lowest BCUT2D eigenvalue weighted by Crippen LogP contribution is -1.98. The molecule has 2 rings (SSSR count). The third-order valence-corrected chi connectivity index (χ3v) is 1.76. The largest absolute Gasteiger partial charge is 0.227 e. The fraction of sp³-hybridized carbons (Fsp3) is 0.286. The average Bonchev–Trinajstić information content (AvgIpc) is 2.29. The fourth-order valence-corrected chi connectivity index (χ4v) is 1.32. The van der Waals surface area contributed by atoms with Crippen molar-refractivity contribution in [3.05, 3.63) is 22.9 Å². The van der Waals surface area contributed by atoms with E-state index in [0.717, 1.165) is 11.3 Å². The molecule has 0 N–H and O–H groups in total. The molecular weight excluding hydrogens is 176 g/mol. The Bertz CT molecular complexity index is 434. The maximum Gasteiger partial charge on any atom is 0.227 e. The van der Waals surface area contributed by atoms with Crippen LogP contribution >= 0.6 is 11.6 Å². The number of rotatable bonds is 0. The summed E-state index contributed by atoms with van der Waals surface area (Å²) in [5.74, 6) is 0.660. The summed E-state index contributed by atoms with van der Waals surface area (Å²) in [6.45, 7) is 3.69. The van der Waals surface area contributed by atoms with Gasteiger partial charge in [-0.15, -0.1) is 0 Å². The van der Waals surface area contributed by atoms with E-state index in [4.69, 9.17) is 11.6 Å². The van der Waals surface area contributed by atoms with Crippen molar-refractivity contribution in [3.63, 3.8) is 0 Å². The van der Waals surface area contributed by atoms with Gasteiger partial charge in [0.25, 0.3) is 0 Å². The first kappa shape index (κ1) is 7.49. The predicted molar refractivity (Wildman–Crippen MR) is 45.3 cm³/mol. The van der Waals surface area contributed by atoms with Gasteiger partial charge in [-0.25, -0.2) is 9.97 Å². The molecule has 2 aromatic heterocycles. The van der Waals surface area contributed by atoms with E-state index in [-0.39, 0.29) is 0 Å². The molecule has 2 heterocycles. The Hall–Kier alpha value is -1.16. The number of hydrogen-bond acceptors (Lipinski definition) is 3. The Balaban J connectivity index is 2.88. The van der Waals surface area contributed by atoms with E-state index >= 15 is 0 Å². The van der Waals surface area contributed by atoms with Crippen molar-refractivity contribution in [2.45, 2.75) is 13.8 Å². The second-order valence-electron chi connectivity index (χ2n) is 2.60. The maximum absolute atomic E-state index is 5.82. The van der Waals surface area contributed by atoms with Gasteiger partial charge in [0.2, 0.25) is 5.28 Å². The molecule has 12 heavy (non-hydrogen) atoms. The lowest BCUT2D eigenvalue weighted by molar-refractivity contribution is 0.858. The van der Waals surface area contributed by atoms with Crippen LogP contribution in [0.5, 0.6) is 0 Å². The van der Waals surface area contributed by atoms with Crippen molar-refractivity contribution in [1.82, 2.24) is 19.6 Å². The van der Waals surface area contributed by atoms with Crippen LogP contribution in [0.15, 0.2) is 6.07 Å². The van der Waals surface area contributed by atoms with E-state index in [9.17, 15) is 0 Å². The predicted octanol–water partition coefficient (Wildman–Crippen LogP) is 1.39. The van der Waals surface area contributed by atoms with E-state index in [0.29, 0.717) is 11.1 Å². The number of nitrogens with zero attached hydrogens (tertiary/aromatic N) is 4. The number of aryl methyl sites for hydroxylation is 2. The summed E-state index contributed by atoms with van der Waals surface area (Å²) in [7, 11) is 0. The van der Waals surface area contributed by atoms with Crippen LogP contribution in [0.25, 0.3) is 5.65 Å². The van der Waals surface area contributed by atoms with Crippen molar-refractivity contribution < 1.29 is 0 Å². The van der Waals surface area contributed by atoms with Crippen molar-refractivity contribution in [2.24, 2.45) is 0 Å². The van der Waals surface area contributed by atoms with E-state index < -0.39 is 0 Å². The minimum absolute atomic E-state index is 0.352. The summed E-state index contributed by atoms with van der Waals surface area (Å²) in [6.07, 6.45) is 0. The summed E-state index contributed by atoms with van der Waals surface area (Å²) in [4.78, 5) is 8.13. The first-order chi connectivity index (χ1) is 5.66. The molecule has 0 aliphatic heterocycles. The molecule has 0 aliphatic carbocycles. The van der Waals surface area contributed by atoms with Crippen molar-refractivity contribution >= 4 is 17.2 Å². The highest BCUT2D eigenvalue weighted by molar-refractivity contribution is 6.28. The van der Waals surface area contributed by atoms with Crippen LogP contribution in [0.4, 0.5) is 0 Å². The molecule has 0 fully saturated rings. The lowest BCUT2D eigenvalue weighted by Gasteiger charge is -1.95. The van der Waals surface area contributed by atoms with Gasteiger partial charge in [-0.2, -0.15) is 9.61 Å². The zero-order valence-corrected chi connectivity index (χ0v) is 7.50. The molecular formula is C7H7ClN4. The number of fused-ring (bicyclic) bond motifs is 1. The summed E-state index contributed by atoms with van der Waals surface area (Å²) in [5, 5.41) is 4.47. The minimum atomic E-state index is 0.352. The third-order valence-electron chi connectivity index (χ3n) is 1.52. The molecule has 0 amide bonds. The fourth-order valence-electron chi connectivity index (χ4n) is 1.07. The second-order valence-corrected chi connectivity index (χ2v) is 2.93. The molecule has 0 atom stereocenters. The summed E-state index contributed by atoms with van der Waals surface area (Å²) in [6, 6.07) is 1.86. The first-order valence-corrected chi connectivity index (χ1v) is 3.91. The molecule has 0 bridgehead atoms. The Morgan fingerprint density at radius 1 is 1.33 bits per heavy atom. The Labute approximate surface area is 74.2 Å². The quantitative estimate of drug-likeness (QED) is 0.619. The number of hydrogen-bond donors (Lipinski definition) is 0. The molecule has 0 aliphatic rings. The van der Waals surface area contributed by atoms with Gasteiger partial charge < -0.3 is 0 Å². The van der Waals surface area contributed by atoms with E-state index in [1.54, 1.807) is 6.92 Å². The van der Waals surface area contributed by atoms with Crippen LogP contribution in [0.3, 0.4) is 0 Å². The van der Waals surface area contributed by atoms with Gasteiger partial charge in [0.15, 0.2) is 5.65 Å². The van der Waals surface area contributed by atoms with Crippen LogP contribution in [0.2, 0.25) is 5.28 Å². The van der Waals surface area contributed by atoms with Gasteiger partial charge >= 0.3 is 0 Å². The molecule has 0 radical (unpaired) electrons. The van der Waals surface area contributed by atoms with Gasteiger partial charge in [0, 0.05) is 6.07 Å². The van der Waals surface area contributed by atoms with Crippen LogP contribution in [-0.4, -0.2) is 19.6 Å². The third kappa shape index (κ3) is 1.04. The Morgan fingerprint density at radius 3 is 2.83 bits per heavy atom. The van der Waals surface area contributed by atoms with Crippen LogP contribution in [0.1, 0.15) is 11.5 Å². The molecule has 5 heteroatoms. The maximum atomic E-state index is 5.82. The zero-order valence-electron chi connectivity index (χ0n) is 6.74. The lowest BCUT2D eigenvalue weighted by atomic mass is 10.5. The van der Waals surface area contributed by atoms with Gasteiger partial charge in [0.05, 0.1) is 5.69 Å². The average molecular weight is 183 g/mol.